The summed E-state index contributed by atoms with van der Waals surface area (Å²) in [5.41, 5.74) is -0.151. The Kier molecular flexibility index (Phi) is 7.83. The number of hydrogen-bond acceptors (Lipinski definition) is 3. The van der Waals surface area contributed by atoms with Gasteiger partial charge in [-0.2, -0.15) is 11.8 Å². The number of carbonyl (C=O) groups is 1. The van der Waals surface area contributed by atoms with Crippen LogP contribution in [0.3, 0.4) is 0 Å². The lowest BCUT2D eigenvalue weighted by Crippen LogP contribution is -2.51. The number of carboxylic acids is 1. The maximum Gasteiger partial charge on any atom is 0.329 e. The lowest BCUT2D eigenvalue weighted by molar-refractivity contribution is -0.144. The van der Waals surface area contributed by atoms with E-state index in [1.165, 1.54) is 0 Å². The standard InChI is InChI=1S/C17H27NO2S/c1-4-11-18-17(16(19)20,13-21-12-10-14(2)3)15-8-6-5-7-9-15/h5-9,14,18H,4,10-13H2,1-3H3,(H,19,20). The van der Waals surface area contributed by atoms with E-state index in [-0.39, 0.29) is 0 Å². The molecule has 0 aliphatic heterocycles. The molecule has 0 radical (unpaired) electrons. The summed E-state index contributed by atoms with van der Waals surface area (Å²) < 4.78 is 0. The van der Waals surface area contributed by atoms with Gasteiger partial charge in [-0.3, -0.25) is 5.32 Å². The van der Waals surface area contributed by atoms with Crippen molar-refractivity contribution in [2.24, 2.45) is 5.92 Å². The van der Waals surface area contributed by atoms with Gasteiger partial charge >= 0.3 is 5.97 Å². The summed E-state index contributed by atoms with van der Waals surface area (Å²) in [5.74, 6) is 1.41. The van der Waals surface area contributed by atoms with Crippen LogP contribution in [0, 0.1) is 5.92 Å². The smallest absolute Gasteiger partial charge is 0.329 e. The molecule has 0 saturated heterocycles. The van der Waals surface area contributed by atoms with Gasteiger partial charge < -0.3 is 5.11 Å². The Balaban J connectivity index is 2.88. The Hall–Kier alpha value is -1.00. The highest BCUT2D eigenvalue weighted by molar-refractivity contribution is 7.99. The fourth-order valence-electron chi connectivity index (χ4n) is 2.10. The fraction of sp³-hybridized carbons (Fsp3) is 0.588. The average molecular weight is 309 g/mol. The summed E-state index contributed by atoms with van der Waals surface area (Å²) in [5, 5.41) is 13.1. The topological polar surface area (TPSA) is 49.3 Å². The predicted molar refractivity (Wildman–Crippen MR) is 90.8 cm³/mol. The summed E-state index contributed by atoms with van der Waals surface area (Å²) >= 11 is 1.72. The largest absolute Gasteiger partial charge is 0.480 e. The van der Waals surface area contributed by atoms with Gasteiger partial charge in [0.15, 0.2) is 5.54 Å². The molecule has 1 rings (SSSR count). The zero-order valence-electron chi connectivity index (χ0n) is 13.3. The van der Waals surface area contributed by atoms with Gasteiger partial charge in [0.2, 0.25) is 0 Å². The number of benzene rings is 1. The molecule has 118 valence electrons. The highest BCUT2D eigenvalue weighted by atomic mass is 32.2. The minimum Gasteiger partial charge on any atom is -0.480 e. The zero-order chi connectivity index (χ0) is 15.7. The predicted octanol–water partition coefficient (Wildman–Crippen LogP) is 3.75. The van der Waals surface area contributed by atoms with Gasteiger partial charge in [0.05, 0.1) is 0 Å². The van der Waals surface area contributed by atoms with Crippen LogP contribution in [0.25, 0.3) is 0 Å². The van der Waals surface area contributed by atoms with Crippen molar-refractivity contribution in [3.05, 3.63) is 35.9 Å². The molecule has 0 heterocycles. The van der Waals surface area contributed by atoms with Gasteiger partial charge in [0, 0.05) is 5.75 Å². The van der Waals surface area contributed by atoms with Crippen LogP contribution in [0.1, 0.15) is 39.2 Å². The number of hydrogen-bond donors (Lipinski definition) is 2. The van der Waals surface area contributed by atoms with Crippen molar-refractivity contribution in [3.63, 3.8) is 0 Å². The normalized spacial score (nSPS) is 14.1. The summed E-state index contributed by atoms with van der Waals surface area (Å²) in [6, 6.07) is 9.53. The first kappa shape index (κ1) is 18.1. The number of thioether (sulfide) groups is 1. The van der Waals surface area contributed by atoms with Crippen molar-refractivity contribution in [1.82, 2.24) is 5.32 Å². The van der Waals surface area contributed by atoms with E-state index in [0.717, 1.165) is 24.2 Å². The highest BCUT2D eigenvalue weighted by Crippen LogP contribution is 2.27. The molecule has 1 aromatic carbocycles. The van der Waals surface area contributed by atoms with Crippen LogP contribution in [0.15, 0.2) is 30.3 Å². The van der Waals surface area contributed by atoms with Gasteiger partial charge in [0.25, 0.3) is 0 Å². The van der Waals surface area contributed by atoms with Crippen molar-refractivity contribution in [3.8, 4) is 0 Å². The van der Waals surface area contributed by atoms with Crippen molar-refractivity contribution in [2.45, 2.75) is 39.2 Å². The monoisotopic (exact) mass is 309 g/mol. The molecule has 0 bridgehead atoms. The van der Waals surface area contributed by atoms with Gasteiger partial charge in [-0.25, -0.2) is 4.79 Å². The Morgan fingerprint density at radius 2 is 2.00 bits per heavy atom. The Labute approximate surface area is 132 Å². The molecule has 1 unspecified atom stereocenters. The first-order valence-corrected chi connectivity index (χ1v) is 8.80. The summed E-state index contributed by atoms with van der Waals surface area (Å²) in [6.07, 6.45) is 2.03. The number of carboxylic acid groups (broad SMARTS) is 1. The second kappa shape index (κ2) is 9.11. The van der Waals surface area contributed by atoms with Gasteiger partial charge in [-0.15, -0.1) is 0 Å². The highest BCUT2D eigenvalue weighted by Gasteiger charge is 2.39. The van der Waals surface area contributed by atoms with E-state index >= 15 is 0 Å². The summed E-state index contributed by atoms with van der Waals surface area (Å²) in [6.45, 7) is 7.14. The molecule has 0 fully saturated rings. The first-order chi connectivity index (χ1) is 10.0. The van der Waals surface area contributed by atoms with Crippen molar-refractivity contribution in [1.29, 1.82) is 0 Å². The molecule has 0 aliphatic rings. The zero-order valence-corrected chi connectivity index (χ0v) is 14.1. The third kappa shape index (κ3) is 5.36. The second-order valence-electron chi connectivity index (χ2n) is 5.74. The number of aliphatic carboxylic acids is 1. The van der Waals surface area contributed by atoms with Gasteiger partial charge in [-0.1, -0.05) is 51.1 Å². The minimum absolute atomic E-state index is 0.555. The van der Waals surface area contributed by atoms with Crippen LogP contribution in [0.4, 0.5) is 0 Å². The van der Waals surface area contributed by atoms with Crippen LogP contribution < -0.4 is 5.32 Å². The Morgan fingerprint density at radius 3 is 2.52 bits per heavy atom. The quantitative estimate of drug-likeness (QED) is 0.646. The molecular weight excluding hydrogens is 282 g/mol. The molecular formula is C17H27NO2S. The molecule has 0 amide bonds. The van der Waals surface area contributed by atoms with Crippen LogP contribution in [0.2, 0.25) is 0 Å². The van der Waals surface area contributed by atoms with Crippen LogP contribution in [-0.4, -0.2) is 29.1 Å². The minimum atomic E-state index is -0.987. The molecule has 0 aliphatic carbocycles. The first-order valence-electron chi connectivity index (χ1n) is 7.64. The number of rotatable bonds is 10. The van der Waals surface area contributed by atoms with Crippen LogP contribution in [-0.2, 0) is 10.3 Å². The van der Waals surface area contributed by atoms with Crippen molar-refractivity contribution < 1.29 is 9.90 Å². The van der Waals surface area contributed by atoms with E-state index in [0.29, 0.717) is 18.2 Å². The third-order valence-corrected chi connectivity index (χ3v) is 4.63. The summed E-state index contributed by atoms with van der Waals surface area (Å²) in [4.78, 5) is 12.0. The Bertz CT molecular complexity index is 422. The average Bonchev–Trinajstić information content (AvgIpc) is 2.47. The Morgan fingerprint density at radius 1 is 1.33 bits per heavy atom. The van der Waals surface area contributed by atoms with Gasteiger partial charge in [0.1, 0.15) is 0 Å². The van der Waals surface area contributed by atoms with E-state index < -0.39 is 11.5 Å². The molecule has 0 saturated carbocycles. The molecule has 3 nitrogen and oxygen atoms in total. The number of nitrogens with one attached hydrogen (secondary N) is 1. The molecule has 0 aromatic heterocycles. The molecule has 21 heavy (non-hydrogen) atoms. The van der Waals surface area contributed by atoms with Crippen molar-refractivity contribution in [2.75, 3.05) is 18.1 Å². The van der Waals surface area contributed by atoms with E-state index in [1.54, 1.807) is 11.8 Å². The van der Waals surface area contributed by atoms with E-state index in [1.807, 2.05) is 30.3 Å². The lowest BCUT2D eigenvalue weighted by atomic mass is 9.91. The molecule has 1 atom stereocenters. The van der Waals surface area contributed by atoms with Crippen LogP contribution in [0.5, 0.6) is 0 Å². The third-order valence-electron chi connectivity index (χ3n) is 3.47. The maximum absolute atomic E-state index is 12.0. The molecule has 2 N–H and O–H groups in total. The maximum atomic E-state index is 12.0. The molecule has 1 aromatic rings. The van der Waals surface area contributed by atoms with E-state index in [4.69, 9.17) is 0 Å². The van der Waals surface area contributed by atoms with E-state index in [2.05, 4.69) is 26.1 Å². The van der Waals surface area contributed by atoms with Gasteiger partial charge in [-0.05, 0) is 36.6 Å². The molecule has 4 heteroatoms. The summed E-state index contributed by atoms with van der Waals surface area (Å²) in [7, 11) is 0. The van der Waals surface area contributed by atoms with Crippen LogP contribution >= 0.6 is 11.8 Å². The SMILES string of the molecule is CCCNC(CSCCC(C)C)(C(=O)O)c1ccccc1. The fourth-order valence-corrected chi connectivity index (χ4v) is 3.58. The van der Waals surface area contributed by atoms with E-state index in [9.17, 15) is 9.90 Å². The van der Waals surface area contributed by atoms with Crippen molar-refractivity contribution >= 4 is 17.7 Å². The lowest BCUT2D eigenvalue weighted by Gasteiger charge is -2.31. The second-order valence-corrected chi connectivity index (χ2v) is 6.84. The molecule has 0 spiro atoms.